The van der Waals surface area contributed by atoms with Gasteiger partial charge in [0.05, 0.1) is 5.92 Å². The van der Waals surface area contributed by atoms with Crippen LogP contribution >= 0.6 is 0 Å². The Balaban J connectivity index is 2.55. The molecule has 1 aliphatic heterocycles. The molecule has 1 N–H and O–H groups in total. The highest BCUT2D eigenvalue weighted by Gasteiger charge is 2.20. The van der Waals surface area contributed by atoms with Gasteiger partial charge in [0.2, 0.25) is 0 Å². The Labute approximate surface area is 64.2 Å². The van der Waals surface area contributed by atoms with E-state index in [-0.39, 0.29) is 24.0 Å². The Kier molecular flexibility index (Phi) is 2.25. The van der Waals surface area contributed by atoms with Gasteiger partial charge in [-0.1, -0.05) is 0 Å². The van der Waals surface area contributed by atoms with Crippen LogP contribution in [0.4, 0.5) is 0 Å². The predicted octanol–water partition coefficient (Wildman–Crippen LogP) is 0.157. The van der Waals surface area contributed by atoms with Gasteiger partial charge in [0.1, 0.15) is 12.0 Å². The Hall–Kier alpha value is -1.32. The second-order valence-corrected chi connectivity index (χ2v) is 2.43. The first kappa shape index (κ1) is 7.78. The number of rotatable bonds is 2. The fourth-order valence-electron chi connectivity index (χ4n) is 0.860. The van der Waals surface area contributed by atoms with Crippen LogP contribution in [0.2, 0.25) is 0 Å². The molecule has 1 aliphatic rings. The van der Waals surface area contributed by atoms with Crippen LogP contribution in [0.5, 0.6) is 0 Å². The molecule has 0 spiro atoms. The lowest BCUT2D eigenvalue weighted by Crippen LogP contribution is -2.32. The van der Waals surface area contributed by atoms with Crippen molar-refractivity contribution in [1.29, 1.82) is 0 Å². The standard InChI is InChI=1S/C7H9NO3/c1-5(9)4-6-2-3-11-8-7(6)10/h2-3,6H,4H2,1H3,(H,8,10). The molecule has 0 fully saturated rings. The Morgan fingerprint density at radius 1 is 1.82 bits per heavy atom. The van der Waals surface area contributed by atoms with Gasteiger partial charge in [-0.25, -0.2) is 0 Å². The summed E-state index contributed by atoms with van der Waals surface area (Å²) in [4.78, 5) is 26.0. The van der Waals surface area contributed by atoms with Crippen molar-refractivity contribution in [3.05, 3.63) is 12.3 Å². The van der Waals surface area contributed by atoms with E-state index in [1.54, 1.807) is 6.08 Å². The second-order valence-electron chi connectivity index (χ2n) is 2.43. The Bertz CT molecular complexity index is 210. The fraction of sp³-hybridized carbons (Fsp3) is 0.429. The molecule has 0 aromatic carbocycles. The number of amides is 1. The molecule has 0 bridgehead atoms. The summed E-state index contributed by atoms with van der Waals surface area (Å²) in [7, 11) is 0. The minimum Gasteiger partial charge on any atom is -0.388 e. The average Bonchev–Trinajstić information content (AvgIpc) is 1.93. The third-order valence-electron chi connectivity index (χ3n) is 1.38. The lowest BCUT2D eigenvalue weighted by molar-refractivity contribution is -0.136. The summed E-state index contributed by atoms with van der Waals surface area (Å²) in [6, 6.07) is 0. The van der Waals surface area contributed by atoms with Gasteiger partial charge in [-0.05, 0) is 13.0 Å². The minimum atomic E-state index is -0.360. The van der Waals surface area contributed by atoms with E-state index >= 15 is 0 Å². The number of hydroxylamine groups is 1. The van der Waals surface area contributed by atoms with Crippen molar-refractivity contribution in [3.8, 4) is 0 Å². The van der Waals surface area contributed by atoms with E-state index in [1.807, 2.05) is 0 Å². The molecule has 0 aliphatic carbocycles. The summed E-state index contributed by atoms with van der Waals surface area (Å²) < 4.78 is 0. The lowest BCUT2D eigenvalue weighted by atomic mass is 10.0. The molecule has 4 heteroatoms. The van der Waals surface area contributed by atoms with E-state index in [0.29, 0.717) is 0 Å². The van der Waals surface area contributed by atoms with E-state index < -0.39 is 0 Å². The number of nitrogens with one attached hydrogen (secondary N) is 1. The van der Waals surface area contributed by atoms with Crippen LogP contribution in [0.1, 0.15) is 13.3 Å². The highest BCUT2D eigenvalue weighted by molar-refractivity contribution is 5.86. The smallest absolute Gasteiger partial charge is 0.260 e. The van der Waals surface area contributed by atoms with Crippen LogP contribution in [-0.2, 0) is 14.4 Å². The fourth-order valence-corrected chi connectivity index (χ4v) is 0.860. The van der Waals surface area contributed by atoms with E-state index in [0.717, 1.165) is 0 Å². The molecule has 4 nitrogen and oxygen atoms in total. The van der Waals surface area contributed by atoms with Gasteiger partial charge >= 0.3 is 0 Å². The highest BCUT2D eigenvalue weighted by Crippen LogP contribution is 2.09. The SMILES string of the molecule is CC(=O)CC1C=CONC1=O. The summed E-state index contributed by atoms with van der Waals surface area (Å²) in [6.45, 7) is 1.45. The maximum Gasteiger partial charge on any atom is 0.260 e. The van der Waals surface area contributed by atoms with Gasteiger partial charge in [0.15, 0.2) is 0 Å². The molecule has 60 valence electrons. The maximum atomic E-state index is 10.9. The Morgan fingerprint density at radius 2 is 2.55 bits per heavy atom. The van der Waals surface area contributed by atoms with Crippen molar-refractivity contribution >= 4 is 11.7 Å². The number of Topliss-reactive ketones (excluding diaryl/α,β-unsaturated/α-hetero) is 1. The first-order valence-corrected chi connectivity index (χ1v) is 3.32. The summed E-state index contributed by atoms with van der Waals surface area (Å²) in [5.41, 5.74) is 2.16. The number of hydrogen-bond acceptors (Lipinski definition) is 3. The van der Waals surface area contributed by atoms with Gasteiger partial charge in [0.25, 0.3) is 5.91 Å². The van der Waals surface area contributed by atoms with Gasteiger partial charge in [-0.2, -0.15) is 5.48 Å². The molecular weight excluding hydrogens is 146 g/mol. The van der Waals surface area contributed by atoms with Gasteiger partial charge < -0.3 is 4.84 Å². The number of carbonyl (C=O) groups excluding carboxylic acids is 2. The highest BCUT2D eigenvalue weighted by atomic mass is 16.6. The van der Waals surface area contributed by atoms with Crippen molar-refractivity contribution in [2.24, 2.45) is 5.92 Å². The number of hydrogen-bond donors (Lipinski definition) is 1. The second kappa shape index (κ2) is 3.18. The monoisotopic (exact) mass is 155 g/mol. The van der Waals surface area contributed by atoms with Gasteiger partial charge in [0, 0.05) is 6.42 Å². The van der Waals surface area contributed by atoms with Crippen LogP contribution in [0.3, 0.4) is 0 Å². The topological polar surface area (TPSA) is 55.4 Å². The van der Waals surface area contributed by atoms with E-state index in [2.05, 4.69) is 10.3 Å². The molecule has 1 atom stereocenters. The largest absolute Gasteiger partial charge is 0.388 e. The van der Waals surface area contributed by atoms with Crippen LogP contribution in [-0.4, -0.2) is 11.7 Å². The zero-order valence-electron chi connectivity index (χ0n) is 6.16. The third-order valence-corrected chi connectivity index (χ3v) is 1.38. The molecule has 0 aromatic heterocycles. The molecule has 1 unspecified atom stereocenters. The van der Waals surface area contributed by atoms with Crippen LogP contribution in [0, 0.1) is 5.92 Å². The quantitative estimate of drug-likeness (QED) is 0.617. The Morgan fingerprint density at radius 3 is 3.09 bits per heavy atom. The normalized spacial score (nSPS) is 22.3. The molecule has 0 saturated heterocycles. The maximum absolute atomic E-state index is 10.9. The molecule has 1 amide bonds. The molecule has 0 radical (unpaired) electrons. The van der Waals surface area contributed by atoms with Crippen LogP contribution in [0.15, 0.2) is 12.3 Å². The minimum absolute atomic E-state index is 0.00306. The predicted molar refractivity (Wildman–Crippen MR) is 37.2 cm³/mol. The first-order chi connectivity index (χ1) is 5.20. The summed E-state index contributed by atoms with van der Waals surface area (Å²) in [5.74, 6) is -0.624. The van der Waals surface area contributed by atoms with E-state index in [1.165, 1.54) is 13.2 Å². The van der Waals surface area contributed by atoms with E-state index in [9.17, 15) is 9.59 Å². The molecule has 1 rings (SSSR count). The zero-order valence-corrected chi connectivity index (χ0v) is 6.16. The summed E-state index contributed by atoms with van der Waals surface area (Å²) >= 11 is 0. The lowest BCUT2D eigenvalue weighted by Gasteiger charge is -2.14. The summed E-state index contributed by atoms with van der Waals surface area (Å²) in [6.07, 6.45) is 3.18. The third kappa shape index (κ3) is 2.07. The first-order valence-electron chi connectivity index (χ1n) is 3.32. The van der Waals surface area contributed by atoms with Crippen molar-refractivity contribution in [2.45, 2.75) is 13.3 Å². The van der Waals surface area contributed by atoms with Crippen LogP contribution in [0.25, 0.3) is 0 Å². The van der Waals surface area contributed by atoms with Crippen molar-refractivity contribution in [1.82, 2.24) is 5.48 Å². The van der Waals surface area contributed by atoms with Gasteiger partial charge in [-0.3, -0.25) is 9.59 Å². The van der Waals surface area contributed by atoms with Crippen molar-refractivity contribution in [2.75, 3.05) is 0 Å². The van der Waals surface area contributed by atoms with Crippen LogP contribution < -0.4 is 5.48 Å². The van der Waals surface area contributed by atoms with Crippen molar-refractivity contribution < 1.29 is 14.4 Å². The van der Waals surface area contributed by atoms with Crippen molar-refractivity contribution in [3.63, 3.8) is 0 Å². The zero-order chi connectivity index (χ0) is 8.27. The number of carbonyl (C=O) groups is 2. The van der Waals surface area contributed by atoms with E-state index in [4.69, 9.17) is 0 Å². The molecule has 0 aromatic rings. The average molecular weight is 155 g/mol. The molecule has 1 heterocycles. The summed E-state index contributed by atoms with van der Waals surface area (Å²) in [5, 5.41) is 0. The molecular formula is C7H9NO3. The van der Waals surface area contributed by atoms with Gasteiger partial charge in [-0.15, -0.1) is 0 Å². The number of ketones is 1. The molecule has 0 saturated carbocycles. The molecule has 11 heavy (non-hydrogen) atoms.